The normalized spacial score (nSPS) is 22.6. The number of rotatable bonds is 2. The Labute approximate surface area is 124 Å². The molecule has 0 bridgehead atoms. The van der Waals surface area contributed by atoms with Crippen LogP contribution in [0.2, 0.25) is 0 Å². The van der Waals surface area contributed by atoms with Crippen LogP contribution in [0.4, 0.5) is 5.69 Å². The first-order valence-corrected chi connectivity index (χ1v) is 7.54. The van der Waals surface area contributed by atoms with E-state index in [-0.39, 0.29) is 5.54 Å². The molecule has 1 aliphatic rings. The molecule has 1 atom stereocenters. The van der Waals surface area contributed by atoms with Crippen molar-refractivity contribution in [2.75, 3.05) is 11.4 Å². The number of aromatic nitrogens is 1. The molecule has 4 nitrogen and oxygen atoms in total. The van der Waals surface area contributed by atoms with Crippen LogP contribution in [0.25, 0.3) is 0 Å². The first-order valence-electron chi connectivity index (χ1n) is 5.87. The Morgan fingerprint density at radius 2 is 2.32 bits per heavy atom. The Bertz CT molecular complexity index is 625. The van der Waals surface area contributed by atoms with Crippen LogP contribution in [-0.4, -0.2) is 17.5 Å². The van der Waals surface area contributed by atoms with Crippen LogP contribution in [-0.2, 0) is 5.54 Å². The minimum Gasteiger partial charge on any atom is -0.369 e. The van der Waals surface area contributed by atoms with Gasteiger partial charge in [-0.05, 0) is 25.1 Å². The zero-order valence-corrected chi connectivity index (χ0v) is 12.8. The van der Waals surface area contributed by atoms with E-state index in [2.05, 4.69) is 37.7 Å². The lowest BCUT2D eigenvalue weighted by Gasteiger charge is -2.34. The second kappa shape index (κ2) is 4.61. The van der Waals surface area contributed by atoms with Crippen molar-refractivity contribution in [3.8, 4) is 0 Å². The Kier molecular flexibility index (Phi) is 3.06. The summed E-state index contributed by atoms with van der Waals surface area (Å²) in [4.78, 5) is 10.9. The predicted molar refractivity (Wildman–Crippen MR) is 82.6 cm³/mol. The Hall–Kier alpha value is -1.40. The topological polar surface area (TPSA) is 54.5 Å². The lowest BCUT2D eigenvalue weighted by molar-refractivity contribution is 0.529. The maximum Gasteiger partial charge on any atom is 0.196 e. The Morgan fingerprint density at radius 3 is 3.00 bits per heavy atom. The van der Waals surface area contributed by atoms with Gasteiger partial charge in [0.15, 0.2) is 5.96 Å². The van der Waals surface area contributed by atoms with E-state index in [9.17, 15) is 0 Å². The van der Waals surface area contributed by atoms with E-state index < -0.39 is 0 Å². The van der Waals surface area contributed by atoms with Crippen molar-refractivity contribution in [2.45, 2.75) is 12.5 Å². The molecule has 1 aliphatic heterocycles. The van der Waals surface area contributed by atoms with E-state index in [1.54, 1.807) is 11.3 Å². The molecule has 0 spiro atoms. The van der Waals surface area contributed by atoms with Gasteiger partial charge in [0, 0.05) is 21.7 Å². The van der Waals surface area contributed by atoms with E-state index in [0.29, 0.717) is 12.5 Å². The van der Waals surface area contributed by atoms with Crippen molar-refractivity contribution in [3.05, 3.63) is 45.3 Å². The number of thiazole rings is 1. The maximum absolute atomic E-state index is 6.08. The van der Waals surface area contributed by atoms with Gasteiger partial charge >= 0.3 is 0 Å². The Balaban J connectivity index is 2.09. The van der Waals surface area contributed by atoms with Crippen molar-refractivity contribution in [1.29, 1.82) is 0 Å². The molecule has 0 amide bonds. The lowest BCUT2D eigenvalue weighted by atomic mass is 10.0. The number of guanidine groups is 1. The Morgan fingerprint density at radius 1 is 1.47 bits per heavy atom. The monoisotopic (exact) mass is 336 g/mol. The summed E-state index contributed by atoms with van der Waals surface area (Å²) in [7, 11) is 0. The summed E-state index contributed by atoms with van der Waals surface area (Å²) in [6.45, 7) is 2.74. The third-order valence-corrected chi connectivity index (χ3v) is 4.75. The molecular weight excluding hydrogens is 324 g/mol. The zero-order valence-electron chi connectivity index (χ0n) is 10.4. The molecule has 19 heavy (non-hydrogen) atoms. The fourth-order valence-corrected chi connectivity index (χ4v) is 3.48. The van der Waals surface area contributed by atoms with Crippen molar-refractivity contribution in [1.82, 2.24) is 4.98 Å². The summed E-state index contributed by atoms with van der Waals surface area (Å²) in [5, 5.41) is 3.01. The van der Waals surface area contributed by atoms with Crippen LogP contribution < -0.4 is 10.6 Å². The van der Waals surface area contributed by atoms with Crippen LogP contribution in [0.5, 0.6) is 0 Å². The van der Waals surface area contributed by atoms with Gasteiger partial charge < -0.3 is 5.73 Å². The van der Waals surface area contributed by atoms with Crippen LogP contribution in [0.1, 0.15) is 11.9 Å². The van der Waals surface area contributed by atoms with Gasteiger partial charge in [0.1, 0.15) is 10.5 Å². The molecule has 0 saturated heterocycles. The molecule has 1 aromatic heterocycles. The highest BCUT2D eigenvalue weighted by molar-refractivity contribution is 9.10. The van der Waals surface area contributed by atoms with Gasteiger partial charge in [-0.3, -0.25) is 9.89 Å². The smallest absolute Gasteiger partial charge is 0.196 e. The van der Waals surface area contributed by atoms with Crippen LogP contribution >= 0.6 is 27.3 Å². The van der Waals surface area contributed by atoms with Crippen LogP contribution in [0.3, 0.4) is 0 Å². The van der Waals surface area contributed by atoms with Gasteiger partial charge in [0.2, 0.25) is 0 Å². The van der Waals surface area contributed by atoms with Gasteiger partial charge in [-0.1, -0.05) is 22.0 Å². The maximum atomic E-state index is 6.08. The quantitative estimate of drug-likeness (QED) is 0.917. The molecule has 2 aromatic rings. The molecule has 1 unspecified atom stereocenters. The average molecular weight is 337 g/mol. The van der Waals surface area contributed by atoms with E-state index >= 15 is 0 Å². The van der Waals surface area contributed by atoms with Gasteiger partial charge in [-0.15, -0.1) is 11.3 Å². The summed E-state index contributed by atoms with van der Waals surface area (Å²) < 4.78 is 1.02. The molecule has 1 aromatic carbocycles. The van der Waals surface area contributed by atoms with E-state index in [1.807, 2.05) is 35.8 Å². The summed E-state index contributed by atoms with van der Waals surface area (Å²) >= 11 is 5.13. The standard InChI is InChI=1S/C13H13BrN4S/c1-13(11-16-5-6-19-11)8-17-12(15)18(13)10-4-2-3-9(14)7-10/h2-7H,8H2,1H3,(H2,15,17). The number of nitrogens with two attached hydrogens (primary N) is 1. The number of nitrogens with zero attached hydrogens (tertiary/aromatic N) is 3. The number of hydrogen-bond donors (Lipinski definition) is 1. The molecule has 3 rings (SSSR count). The number of hydrogen-bond acceptors (Lipinski definition) is 5. The van der Waals surface area contributed by atoms with Crippen molar-refractivity contribution in [2.24, 2.45) is 10.7 Å². The van der Waals surface area contributed by atoms with E-state index in [1.165, 1.54) is 0 Å². The minimum absolute atomic E-state index is 0.307. The SMILES string of the molecule is CC1(c2nccs2)CN=C(N)N1c1cccc(Br)c1. The van der Waals surface area contributed by atoms with Crippen molar-refractivity contribution in [3.63, 3.8) is 0 Å². The molecule has 6 heteroatoms. The summed E-state index contributed by atoms with van der Waals surface area (Å²) in [6.07, 6.45) is 1.82. The third kappa shape index (κ3) is 2.04. The molecule has 98 valence electrons. The summed E-state index contributed by atoms with van der Waals surface area (Å²) in [6, 6.07) is 8.06. The predicted octanol–water partition coefficient (Wildman–Crippen LogP) is 2.96. The second-order valence-electron chi connectivity index (χ2n) is 4.60. The fraction of sp³-hybridized carbons (Fsp3) is 0.231. The first kappa shape index (κ1) is 12.6. The highest BCUT2D eigenvalue weighted by Gasteiger charge is 2.42. The number of halogens is 1. The lowest BCUT2D eigenvalue weighted by Crippen LogP contribution is -2.47. The van der Waals surface area contributed by atoms with E-state index in [4.69, 9.17) is 5.73 Å². The highest BCUT2D eigenvalue weighted by atomic mass is 79.9. The molecular formula is C13H13BrN4S. The zero-order chi connectivity index (χ0) is 13.5. The van der Waals surface area contributed by atoms with Crippen molar-refractivity contribution >= 4 is 38.9 Å². The van der Waals surface area contributed by atoms with Crippen LogP contribution in [0, 0.1) is 0 Å². The molecule has 0 radical (unpaired) electrons. The number of benzene rings is 1. The largest absolute Gasteiger partial charge is 0.369 e. The highest BCUT2D eigenvalue weighted by Crippen LogP contribution is 2.38. The first-order chi connectivity index (χ1) is 9.11. The van der Waals surface area contributed by atoms with Crippen LogP contribution in [0.15, 0.2) is 45.3 Å². The summed E-state index contributed by atoms with van der Waals surface area (Å²) in [5.41, 5.74) is 6.79. The molecule has 2 heterocycles. The van der Waals surface area contributed by atoms with Gasteiger partial charge in [0.25, 0.3) is 0 Å². The molecule has 0 fully saturated rings. The molecule has 0 saturated carbocycles. The summed E-state index contributed by atoms with van der Waals surface area (Å²) in [5.74, 6) is 0.538. The number of aliphatic imine (C=N–C) groups is 1. The van der Waals surface area contributed by atoms with Gasteiger partial charge in [0.05, 0.1) is 6.54 Å². The minimum atomic E-state index is -0.307. The van der Waals surface area contributed by atoms with Gasteiger partial charge in [-0.2, -0.15) is 0 Å². The third-order valence-electron chi connectivity index (χ3n) is 3.23. The average Bonchev–Trinajstić information content (AvgIpc) is 2.99. The molecule has 2 N–H and O–H groups in total. The molecule has 0 aliphatic carbocycles. The van der Waals surface area contributed by atoms with E-state index in [0.717, 1.165) is 15.2 Å². The second-order valence-corrected chi connectivity index (χ2v) is 6.41. The number of anilines is 1. The fourth-order valence-electron chi connectivity index (χ4n) is 2.31. The van der Waals surface area contributed by atoms with Gasteiger partial charge in [-0.25, -0.2) is 4.98 Å². The van der Waals surface area contributed by atoms with Crippen molar-refractivity contribution < 1.29 is 0 Å².